The van der Waals surface area contributed by atoms with Crippen LogP contribution in [0.1, 0.15) is 36.1 Å². The molecule has 0 amide bonds. The van der Waals surface area contributed by atoms with E-state index in [2.05, 4.69) is 29.9 Å². The number of unbranched alkanes of at least 4 members (excludes halogenated alkanes) is 3. The average Bonchev–Trinajstić information content (AvgIpc) is 2.68. The molecule has 92 valence electrons. The maximum atomic E-state index is 3.52. The molecule has 16 heavy (non-hydrogen) atoms. The Morgan fingerprint density at radius 1 is 1.25 bits per heavy atom. The highest BCUT2D eigenvalue weighted by atomic mass is 32.2. The number of hydrogen-bond donors (Lipinski definition) is 1. The highest BCUT2D eigenvalue weighted by Gasteiger charge is 1.98. The molecule has 0 saturated heterocycles. The molecule has 1 aromatic heterocycles. The van der Waals surface area contributed by atoms with E-state index in [1.54, 1.807) is 0 Å². The Kier molecular flexibility index (Phi) is 7.99. The fraction of sp³-hybridized carbons (Fsp3) is 0.692. The van der Waals surface area contributed by atoms with Gasteiger partial charge in [0.2, 0.25) is 0 Å². The van der Waals surface area contributed by atoms with E-state index < -0.39 is 0 Å². The summed E-state index contributed by atoms with van der Waals surface area (Å²) in [5.41, 5.74) is 1.43. The van der Waals surface area contributed by atoms with Crippen LogP contribution in [0.25, 0.3) is 0 Å². The number of thioether (sulfide) groups is 1. The second-order valence-corrected chi connectivity index (χ2v) is 6.10. The fourth-order valence-corrected chi connectivity index (χ4v) is 3.01. The standard InChI is InChI=1S/C13H23NS2/c1-12-7-10-16-13(12)11-14-8-5-3-4-6-9-15-2/h7,10,14H,3-6,8-9,11H2,1-2H3. The molecule has 0 aliphatic carbocycles. The minimum absolute atomic E-state index is 1.05. The first kappa shape index (κ1) is 14.1. The van der Waals surface area contributed by atoms with E-state index in [9.17, 15) is 0 Å². The van der Waals surface area contributed by atoms with Crippen LogP contribution in [0.2, 0.25) is 0 Å². The Hall–Kier alpha value is 0.0100. The van der Waals surface area contributed by atoms with Crippen molar-refractivity contribution in [2.45, 2.75) is 39.2 Å². The topological polar surface area (TPSA) is 12.0 Å². The molecule has 0 fully saturated rings. The Bertz CT molecular complexity index is 271. The molecule has 1 N–H and O–H groups in total. The number of rotatable bonds is 9. The summed E-state index contributed by atoms with van der Waals surface area (Å²) in [5.74, 6) is 1.32. The molecular weight excluding hydrogens is 234 g/mol. The first-order chi connectivity index (χ1) is 7.84. The van der Waals surface area contributed by atoms with Crippen molar-refractivity contribution in [3.8, 4) is 0 Å². The van der Waals surface area contributed by atoms with Crippen molar-refractivity contribution in [3.63, 3.8) is 0 Å². The lowest BCUT2D eigenvalue weighted by molar-refractivity contribution is 0.601. The zero-order valence-corrected chi connectivity index (χ0v) is 12.1. The molecule has 1 nitrogen and oxygen atoms in total. The maximum absolute atomic E-state index is 3.52. The Morgan fingerprint density at radius 2 is 2.06 bits per heavy atom. The van der Waals surface area contributed by atoms with Crippen molar-refractivity contribution in [3.05, 3.63) is 21.9 Å². The smallest absolute Gasteiger partial charge is 0.0302 e. The third kappa shape index (κ3) is 5.92. The molecule has 0 spiro atoms. The SMILES string of the molecule is CSCCCCCCNCc1sccc1C. The second-order valence-electron chi connectivity index (χ2n) is 4.11. The van der Waals surface area contributed by atoms with Crippen molar-refractivity contribution >= 4 is 23.1 Å². The van der Waals surface area contributed by atoms with Gasteiger partial charge in [0.25, 0.3) is 0 Å². The molecule has 1 heterocycles. The monoisotopic (exact) mass is 257 g/mol. The van der Waals surface area contributed by atoms with Gasteiger partial charge in [-0.05, 0) is 55.3 Å². The molecule has 0 aliphatic rings. The molecule has 0 bridgehead atoms. The van der Waals surface area contributed by atoms with Gasteiger partial charge in [0, 0.05) is 11.4 Å². The van der Waals surface area contributed by atoms with Crippen LogP contribution in [0.4, 0.5) is 0 Å². The molecule has 1 aromatic rings. The van der Waals surface area contributed by atoms with Crippen LogP contribution in [0.5, 0.6) is 0 Å². The molecule has 0 saturated carbocycles. The molecule has 0 radical (unpaired) electrons. The molecule has 1 rings (SSSR count). The Morgan fingerprint density at radius 3 is 2.75 bits per heavy atom. The summed E-state index contributed by atoms with van der Waals surface area (Å²) in [6.45, 7) is 4.40. The zero-order chi connectivity index (χ0) is 11.6. The predicted molar refractivity (Wildman–Crippen MR) is 77.6 cm³/mol. The van der Waals surface area contributed by atoms with Crippen LogP contribution in [0, 0.1) is 6.92 Å². The molecule has 0 unspecified atom stereocenters. The maximum Gasteiger partial charge on any atom is 0.0302 e. The summed E-state index contributed by atoms with van der Waals surface area (Å²) in [6.07, 6.45) is 7.65. The highest BCUT2D eigenvalue weighted by molar-refractivity contribution is 7.98. The molecule has 0 atom stereocenters. The van der Waals surface area contributed by atoms with E-state index in [1.165, 1.54) is 41.9 Å². The van der Waals surface area contributed by atoms with E-state index in [0.717, 1.165) is 13.1 Å². The van der Waals surface area contributed by atoms with Crippen molar-refractivity contribution < 1.29 is 0 Å². The Labute approximate surface area is 108 Å². The summed E-state index contributed by atoms with van der Waals surface area (Å²) in [7, 11) is 0. The number of hydrogen-bond acceptors (Lipinski definition) is 3. The normalized spacial score (nSPS) is 10.9. The van der Waals surface area contributed by atoms with E-state index in [-0.39, 0.29) is 0 Å². The van der Waals surface area contributed by atoms with Crippen molar-refractivity contribution in [1.82, 2.24) is 5.32 Å². The van der Waals surface area contributed by atoms with E-state index in [4.69, 9.17) is 0 Å². The van der Waals surface area contributed by atoms with E-state index in [0.29, 0.717) is 0 Å². The minimum atomic E-state index is 1.05. The largest absolute Gasteiger partial charge is 0.312 e. The van der Waals surface area contributed by atoms with Gasteiger partial charge < -0.3 is 5.32 Å². The minimum Gasteiger partial charge on any atom is -0.312 e. The third-order valence-corrected chi connectivity index (χ3v) is 4.43. The summed E-state index contributed by atoms with van der Waals surface area (Å²) in [6, 6.07) is 2.20. The third-order valence-electron chi connectivity index (χ3n) is 2.71. The van der Waals surface area contributed by atoms with Crippen LogP contribution in [0.3, 0.4) is 0 Å². The lowest BCUT2D eigenvalue weighted by Gasteiger charge is -2.04. The van der Waals surface area contributed by atoms with Crippen molar-refractivity contribution in [2.24, 2.45) is 0 Å². The summed E-state index contributed by atoms with van der Waals surface area (Å²) in [5, 5.41) is 5.70. The van der Waals surface area contributed by atoms with E-state index >= 15 is 0 Å². The summed E-state index contributed by atoms with van der Waals surface area (Å²) >= 11 is 3.81. The molecule has 3 heteroatoms. The predicted octanol–water partition coefficient (Wildman–Crippen LogP) is 4.07. The molecule has 0 aromatic carbocycles. The summed E-state index contributed by atoms with van der Waals surface area (Å²) in [4.78, 5) is 1.49. The molecule has 0 aliphatic heterocycles. The number of thiophene rings is 1. The van der Waals surface area contributed by atoms with Crippen LogP contribution >= 0.6 is 23.1 Å². The average molecular weight is 257 g/mol. The van der Waals surface area contributed by atoms with Gasteiger partial charge in [-0.1, -0.05) is 12.8 Å². The van der Waals surface area contributed by atoms with Gasteiger partial charge >= 0.3 is 0 Å². The fourth-order valence-electron chi connectivity index (χ4n) is 1.64. The number of aryl methyl sites for hydroxylation is 1. The summed E-state index contributed by atoms with van der Waals surface area (Å²) < 4.78 is 0. The van der Waals surface area contributed by atoms with Gasteiger partial charge in [-0.3, -0.25) is 0 Å². The second kappa shape index (κ2) is 9.08. The van der Waals surface area contributed by atoms with Crippen molar-refractivity contribution in [1.29, 1.82) is 0 Å². The van der Waals surface area contributed by atoms with Gasteiger partial charge in [-0.15, -0.1) is 11.3 Å². The van der Waals surface area contributed by atoms with Crippen LogP contribution < -0.4 is 5.32 Å². The van der Waals surface area contributed by atoms with E-state index in [1.807, 2.05) is 23.1 Å². The van der Waals surface area contributed by atoms with Crippen LogP contribution in [0.15, 0.2) is 11.4 Å². The zero-order valence-electron chi connectivity index (χ0n) is 10.4. The van der Waals surface area contributed by atoms with Crippen LogP contribution in [-0.4, -0.2) is 18.6 Å². The van der Waals surface area contributed by atoms with Gasteiger partial charge in [0.1, 0.15) is 0 Å². The van der Waals surface area contributed by atoms with Gasteiger partial charge in [0.15, 0.2) is 0 Å². The Balaban J connectivity index is 1.91. The highest BCUT2D eigenvalue weighted by Crippen LogP contribution is 2.14. The lowest BCUT2D eigenvalue weighted by atomic mass is 10.2. The quantitative estimate of drug-likeness (QED) is 0.669. The first-order valence-electron chi connectivity index (χ1n) is 6.07. The molecular formula is C13H23NS2. The van der Waals surface area contributed by atoms with Crippen LogP contribution in [-0.2, 0) is 6.54 Å². The van der Waals surface area contributed by atoms with Crippen molar-refractivity contribution in [2.75, 3.05) is 18.6 Å². The van der Waals surface area contributed by atoms with Gasteiger partial charge in [-0.2, -0.15) is 11.8 Å². The lowest BCUT2D eigenvalue weighted by Crippen LogP contribution is -2.14. The number of nitrogens with one attached hydrogen (secondary N) is 1. The van der Waals surface area contributed by atoms with Gasteiger partial charge in [-0.25, -0.2) is 0 Å². The first-order valence-corrected chi connectivity index (χ1v) is 8.34. The van der Waals surface area contributed by atoms with Gasteiger partial charge in [0.05, 0.1) is 0 Å².